The average molecular weight is 424 g/mol. The topological polar surface area (TPSA) is 90.0 Å². The van der Waals surface area contributed by atoms with E-state index >= 15 is 0 Å². The van der Waals surface area contributed by atoms with Crippen LogP contribution in [0.5, 0.6) is 0 Å². The van der Waals surface area contributed by atoms with Gasteiger partial charge in [-0.1, -0.05) is 25.3 Å². The van der Waals surface area contributed by atoms with E-state index in [9.17, 15) is 22.4 Å². The minimum Gasteiger partial charge on any atom is -0.323 e. The first kappa shape index (κ1) is 20.2. The summed E-state index contributed by atoms with van der Waals surface area (Å²) in [6.45, 7) is 1.36. The van der Waals surface area contributed by atoms with E-state index in [-0.39, 0.29) is 36.6 Å². The Labute approximate surface area is 169 Å². The van der Waals surface area contributed by atoms with Gasteiger partial charge in [0.25, 0.3) is 5.91 Å². The zero-order chi connectivity index (χ0) is 20.6. The van der Waals surface area contributed by atoms with Gasteiger partial charge in [-0.25, -0.2) is 22.5 Å². The number of amides is 3. The highest BCUT2D eigenvalue weighted by Crippen LogP contribution is 2.33. The maximum Gasteiger partial charge on any atom is 0.326 e. The van der Waals surface area contributed by atoms with Crippen LogP contribution in [0.15, 0.2) is 29.2 Å². The Hall–Kier alpha value is -2.04. The molecule has 2 aliphatic heterocycles. The van der Waals surface area contributed by atoms with Crippen molar-refractivity contribution in [2.24, 2.45) is 0 Å². The highest BCUT2D eigenvalue weighted by Gasteiger charge is 2.51. The number of carbonyl (C=O) groups excluding carboxylic acids is 2. The molecule has 0 atom stereocenters. The molecule has 0 bridgehead atoms. The van der Waals surface area contributed by atoms with Crippen molar-refractivity contribution in [3.05, 3.63) is 30.1 Å². The van der Waals surface area contributed by atoms with E-state index in [1.807, 2.05) is 4.90 Å². The molecule has 1 aromatic rings. The fraction of sp³-hybridized carbons (Fsp3) is 0.579. The van der Waals surface area contributed by atoms with Crippen molar-refractivity contribution in [2.75, 3.05) is 32.8 Å². The lowest BCUT2D eigenvalue weighted by Crippen LogP contribution is -2.53. The molecule has 1 N–H and O–H groups in total. The van der Waals surface area contributed by atoms with Crippen LogP contribution in [0.3, 0.4) is 0 Å². The lowest BCUT2D eigenvalue weighted by atomic mass is 9.82. The van der Waals surface area contributed by atoms with Gasteiger partial charge in [0.2, 0.25) is 10.0 Å². The molecule has 2 saturated heterocycles. The van der Waals surface area contributed by atoms with Crippen LogP contribution >= 0.6 is 0 Å². The Morgan fingerprint density at radius 2 is 1.72 bits per heavy atom. The number of benzene rings is 1. The maximum absolute atomic E-state index is 13.4. The zero-order valence-electron chi connectivity index (χ0n) is 16.1. The second-order valence-electron chi connectivity index (χ2n) is 7.93. The number of carbonyl (C=O) groups is 2. The van der Waals surface area contributed by atoms with Gasteiger partial charge in [-0.15, -0.1) is 0 Å². The second kappa shape index (κ2) is 7.66. The van der Waals surface area contributed by atoms with Gasteiger partial charge >= 0.3 is 6.03 Å². The van der Waals surface area contributed by atoms with Gasteiger partial charge in [0.05, 0.1) is 11.6 Å². The number of nitrogens with zero attached hydrogens (tertiary/aromatic N) is 3. The Morgan fingerprint density at radius 1 is 1.03 bits per heavy atom. The van der Waals surface area contributed by atoms with Gasteiger partial charge in [0.1, 0.15) is 11.4 Å². The Bertz CT molecular complexity index is 909. The van der Waals surface area contributed by atoms with E-state index in [1.54, 1.807) is 0 Å². The third-order valence-corrected chi connectivity index (χ3v) is 7.95. The van der Waals surface area contributed by atoms with Crippen LogP contribution in [0.25, 0.3) is 0 Å². The maximum atomic E-state index is 13.4. The first-order valence-electron chi connectivity index (χ1n) is 9.94. The fourth-order valence-corrected chi connectivity index (χ4v) is 5.84. The van der Waals surface area contributed by atoms with E-state index in [0.29, 0.717) is 25.9 Å². The normalized spacial score (nSPS) is 23.6. The van der Waals surface area contributed by atoms with Gasteiger partial charge in [-0.05, 0) is 31.0 Å². The number of imide groups is 1. The summed E-state index contributed by atoms with van der Waals surface area (Å²) >= 11 is 0. The predicted molar refractivity (Wildman–Crippen MR) is 103 cm³/mol. The molecule has 10 heteroatoms. The van der Waals surface area contributed by atoms with Crippen molar-refractivity contribution in [1.82, 2.24) is 19.4 Å². The summed E-state index contributed by atoms with van der Waals surface area (Å²) < 4.78 is 40.1. The minimum absolute atomic E-state index is 0.0701. The van der Waals surface area contributed by atoms with Gasteiger partial charge in [-0.3, -0.25) is 9.69 Å². The Balaban J connectivity index is 1.38. The molecule has 158 valence electrons. The first-order chi connectivity index (χ1) is 13.8. The number of urea groups is 1. The zero-order valence-corrected chi connectivity index (χ0v) is 17.0. The van der Waals surface area contributed by atoms with Gasteiger partial charge in [-0.2, -0.15) is 4.31 Å². The first-order valence-corrected chi connectivity index (χ1v) is 11.4. The lowest BCUT2D eigenvalue weighted by molar-refractivity contribution is -0.134. The van der Waals surface area contributed by atoms with Crippen LogP contribution in [0.2, 0.25) is 0 Å². The van der Waals surface area contributed by atoms with Crippen molar-refractivity contribution in [3.63, 3.8) is 0 Å². The number of halogens is 1. The molecule has 1 spiro atoms. The largest absolute Gasteiger partial charge is 0.326 e. The quantitative estimate of drug-likeness (QED) is 0.737. The summed E-state index contributed by atoms with van der Waals surface area (Å²) in [5.74, 6) is -0.767. The Kier molecular flexibility index (Phi) is 5.34. The van der Waals surface area contributed by atoms with Crippen LogP contribution in [0.4, 0.5) is 9.18 Å². The summed E-state index contributed by atoms with van der Waals surface area (Å²) in [6.07, 6.45) is 4.28. The van der Waals surface area contributed by atoms with E-state index < -0.39 is 21.4 Å². The summed E-state index contributed by atoms with van der Waals surface area (Å²) in [4.78, 5) is 28.4. The molecule has 29 heavy (non-hydrogen) atoms. The van der Waals surface area contributed by atoms with E-state index in [1.165, 1.54) is 27.4 Å². The van der Waals surface area contributed by atoms with Crippen LogP contribution in [-0.4, -0.2) is 72.8 Å². The van der Waals surface area contributed by atoms with Crippen molar-refractivity contribution in [1.29, 1.82) is 0 Å². The fourth-order valence-electron chi connectivity index (χ4n) is 4.39. The third-order valence-electron chi connectivity index (χ3n) is 6.06. The SMILES string of the molecule is O=C1NC2(CCCCC2)C(=O)N1CN1CCN(S(=O)(=O)c2cccc(F)c2)CC1. The molecule has 3 fully saturated rings. The summed E-state index contributed by atoms with van der Waals surface area (Å²) in [5.41, 5.74) is -0.752. The van der Waals surface area contributed by atoms with E-state index in [2.05, 4.69) is 5.32 Å². The Morgan fingerprint density at radius 3 is 2.38 bits per heavy atom. The average Bonchev–Trinajstić information content (AvgIpc) is 2.93. The predicted octanol–water partition coefficient (Wildman–Crippen LogP) is 1.34. The molecule has 0 unspecified atom stereocenters. The third kappa shape index (κ3) is 3.76. The number of sulfonamides is 1. The molecule has 0 radical (unpaired) electrons. The van der Waals surface area contributed by atoms with Crippen LogP contribution in [0, 0.1) is 5.82 Å². The van der Waals surface area contributed by atoms with Gasteiger partial charge in [0.15, 0.2) is 0 Å². The van der Waals surface area contributed by atoms with Crippen LogP contribution < -0.4 is 5.32 Å². The molecule has 2 heterocycles. The molecule has 4 rings (SSSR count). The van der Waals surface area contributed by atoms with Crippen LogP contribution in [0.1, 0.15) is 32.1 Å². The minimum atomic E-state index is -3.77. The molecular weight excluding hydrogens is 399 g/mol. The molecule has 1 saturated carbocycles. The van der Waals surface area contributed by atoms with Crippen molar-refractivity contribution < 1.29 is 22.4 Å². The number of hydrogen-bond donors (Lipinski definition) is 1. The smallest absolute Gasteiger partial charge is 0.323 e. The summed E-state index contributed by atoms with van der Waals surface area (Å²) in [7, 11) is -3.77. The highest BCUT2D eigenvalue weighted by atomic mass is 32.2. The molecule has 8 nitrogen and oxygen atoms in total. The number of hydrogen-bond acceptors (Lipinski definition) is 5. The van der Waals surface area contributed by atoms with Gasteiger partial charge < -0.3 is 5.32 Å². The van der Waals surface area contributed by atoms with E-state index in [4.69, 9.17) is 0 Å². The molecule has 3 amide bonds. The standard InChI is InChI=1S/C19H25FN4O4S/c20-15-5-4-6-16(13-15)29(27,28)23-11-9-22(10-12-23)14-24-17(25)19(21-18(24)26)7-2-1-3-8-19/h4-6,13H,1-3,7-12,14H2,(H,21,26). The molecular formula is C19H25FN4O4S. The number of rotatable bonds is 4. The monoisotopic (exact) mass is 424 g/mol. The van der Waals surface area contributed by atoms with Crippen molar-refractivity contribution >= 4 is 22.0 Å². The van der Waals surface area contributed by atoms with Crippen LogP contribution in [-0.2, 0) is 14.8 Å². The van der Waals surface area contributed by atoms with E-state index in [0.717, 1.165) is 25.3 Å². The molecule has 1 aliphatic carbocycles. The van der Waals surface area contributed by atoms with Crippen molar-refractivity contribution in [2.45, 2.75) is 42.5 Å². The summed E-state index contributed by atoms with van der Waals surface area (Å²) in [5, 5.41) is 2.89. The van der Waals surface area contributed by atoms with Gasteiger partial charge in [0, 0.05) is 26.2 Å². The molecule has 0 aromatic heterocycles. The highest BCUT2D eigenvalue weighted by molar-refractivity contribution is 7.89. The molecule has 1 aromatic carbocycles. The second-order valence-corrected chi connectivity index (χ2v) is 9.86. The molecule has 3 aliphatic rings. The van der Waals surface area contributed by atoms with Crippen molar-refractivity contribution in [3.8, 4) is 0 Å². The summed E-state index contributed by atoms with van der Waals surface area (Å²) in [6, 6.07) is 4.60. The lowest BCUT2D eigenvalue weighted by Gasteiger charge is -2.35. The number of nitrogens with one attached hydrogen (secondary N) is 1. The number of piperazine rings is 1.